The van der Waals surface area contributed by atoms with E-state index < -0.39 is 0 Å². The van der Waals surface area contributed by atoms with Crippen LogP contribution in [0.5, 0.6) is 0 Å². The number of anilines is 3. The standard InChI is InChI=1S/C28H22N6/c1-32-17-30-33(18-32)23-8-5-7-21(15-23)31-22-14-20-12-11-19-6-4-9-24-27(19)28(20)25(16-22)34(24)26-10-2-3-13-29-26/h2-17,31H,18H2,1H3. The Kier molecular flexibility index (Phi) is 4.02. The molecule has 0 atom stereocenters. The third kappa shape index (κ3) is 2.89. The van der Waals surface area contributed by atoms with Gasteiger partial charge in [0.1, 0.15) is 18.8 Å². The van der Waals surface area contributed by atoms with Crippen LogP contribution in [-0.2, 0) is 0 Å². The highest BCUT2D eigenvalue weighted by Crippen LogP contribution is 2.40. The summed E-state index contributed by atoms with van der Waals surface area (Å²) in [6.45, 7) is 0.747. The second-order valence-electron chi connectivity index (χ2n) is 8.76. The van der Waals surface area contributed by atoms with Gasteiger partial charge in [0.15, 0.2) is 0 Å². The largest absolute Gasteiger partial charge is 0.355 e. The van der Waals surface area contributed by atoms with Gasteiger partial charge in [-0.1, -0.05) is 36.4 Å². The van der Waals surface area contributed by atoms with Crippen LogP contribution in [0.25, 0.3) is 38.4 Å². The molecular weight excluding hydrogens is 420 g/mol. The summed E-state index contributed by atoms with van der Waals surface area (Å²) >= 11 is 0. The van der Waals surface area contributed by atoms with Gasteiger partial charge in [0, 0.05) is 35.4 Å². The van der Waals surface area contributed by atoms with E-state index in [1.807, 2.05) is 36.7 Å². The molecule has 164 valence electrons. The van der Waals surface area contributed by atoms with Crippen molar-refractivity contribution >= 4 is 56.0 Å². The highest BCUT2D eigenvalue weighted by molar-refractivity contribution is 6.24. The van der Waals surface area contributed by atoms with E-state index in [4.69, 9.17) is 0 Å². The Labute approximate surface area is 196 Å². The number of hydrogen-bond donors (Lipinski definition) is 1. The Morgan fingerprint density at radius 3 is 2.50 bits per heavy atom. The van der Waals surface area contributed by atoms with Crippen LogP contribution in [0, 0.1) is 0 Å². The first-order valence-electron chi connectivity index (χ1n) is 11.3. The highest BCUT2D eigenvalue weighted by Gasteiger charge is 2.18. The molecule has 0 saturated heterocycles. The topological polar surface area (TPSA) is 48.7 Å². The molecule has 0 unspecified atom stereocenters. The van der Waals surface area contributed by atoms with Crippen molar-refractivity contribution in [1.82, 2.24) is 14.5 Å². The maximum absolute atomic E-state index is 4.68. The maximum atomic E-state index is 4.68. The average molecular weight is 443 g/mol. The minimum Gasteiger partial charge on any atom is -0.355 e. The molecule has 7 rings (SSSR count). The first-order valence-corrected chi connectivity index (χ1v) is 11.3. The van der Waals surface area contributed by atoms with E-state index in [2.05, 4.69) is 97.7 Å². The number of rotatable bonds is 4. The third-order valence-corrected chi connectivity index (χ3v) is 6.45. The second kappa shape index (κ2) is 7.22. The number of hydrazone groups is 1. The van der Waals surface area contributed by atoms with Crippen molar-refractivity contribution in [2.45, 2.75) is 0 Å². The number of aromatic nitrogens is 2. The summed E-state index contributed by atoms with van der Waals surface area (Å²) in [4.78, 5) is 6.73. The third-order valence-electron chi connectivity index (χ3n) is 6.45. The van der Waals surface area contributed by atoms with Gasteiger partial charge in [-0.25, -0.2) is 9.99 Å². The SMILES string of the molecule is CN1C=NN(c2cccc(Nc3cc4ccc5cccc6c5c4c(c3)n6-c3ccccn3)c2)C1. The fourth-order valence-corrected chi connectivity index (χ4v) is 4.99. The van der Waals surface area contributed by atoms with Gasteiger partial charge in [-0.05, 0) is 59.3 Å². The van der Waals surface area contributed by atoms with Crippen molar-refractivity contribution in [2.75, 3.05) is 24.0 Å². The van der Waals surface area contributed by atoms with Gasteiger partial charge in [0.25, 0.3) is 0 Å². The zero-order valence-corrected chi connectivity index (χ0v) is 18.7. The second-order valence-corrected chi connectivity index (χ2v) is 8.76. The fraction of sp³-hybridized carbons (Fsp3) is 0.0714. The highest BCUT2D eigenvalue weighted by atomic mass is 15.6. The molecule has 0 bridgehead atoms. The smallest absolute Gasteiger partial charge is 0.137 e. The fourth-order valence-electron chi connectivity index (χ4n) is 4.99. The molecular formula is C28H22N6. The van der Waals surface area contributed by atoms with Crippen molar-refractivity contribution < 1.29 is 0 Å². The molecule has 6 aromatic rings. The lowest BCUT2D eigenvalue weighted by atomic mass is 10.0. The predicted octanol–water partition coefficient (Wildman–Crippen LogP) is 6.17. The molecule has 0 spiro atoms. The summed E-state index contributed by atoms with van der Waals surface area (Å²) in [5.74, 6) is 0.919. The minimum atomic E-state index is 0.747. The Bertz CT molecular complexity index is 1680. The van der Waals surface area contributed by atoms with Crippen molar-refractivity contribution in [3.05, 3.63) is 91.1 Å². The monoisotopic (exact) mass is 442 g/mol. The van der Waals surface area contributed by atoms with Crippen LogP contribution in [0.3, 0.4) is 0 Å². The summed E-state index contributed by atoms with van der Waals surface area (Å²) in [7, 11) is 2.02. The van der Waals surface area contributed by atoms with E-state index in [0.29, 0.717) is 0 Å². The minimum absolute atomic E-state index is 0.747. The molecule has 6 nitrogen and oxygen atoms in total. The Morgan fingerprint density at radius 1 is 0.765 bits per heavy atom. The van der Waals surface area contributed by atoms with E-state index in [0.717, 1.165) is 35.1 Å². The van der Waals surface area contributed by atoms with Crippen LogP contribution < -0.4 is 10.3 Å². The first-order chi connectivity index (χ1) is 16.7. The van der Waals surface area contributed by atoms with Gasteiger partial charge in [0.2, 0.25) is 0 Å². The maximum Gasteiger partial charge on any atom is 0.137 e. The van der Waals surface area contributed by atoms with E-state index in [1.54, 1.807) is 0 Å². The summed E-state index contributed by atoms with van der Waals surface area (Å²) < 4.78 is 2.26. The lowest BCUT2D eigenvalue weighted by Gasteiger charge is -2.17. The number of nitrogens with zero attached hydrogens (tertiary/aromatic N) is 5. The predicted molar refractivity (Wildman–Crippen MR) is 141 cm³/mol. The van der Waals surface area contributed by atoms with E-state index in [9.17, 15) is 0 Å². The van der Waals surface area contributed by atoms with Gasteiger partial charge < -0.3 is 10.2 Å². The quantitative estimate of drug-likeness (QED) is 0.332. The van der Waals surface area contributed by atoms with Gasteiger partial charge >= 0.3 is 0 Å². The van der Waals surface area contributed by atoms with Crippen molar-refractivity contribution in [3.8, 4) is 5.82 Å². The van der Waals surface area contributed by atoms with Crippen LogP contribution >= 0.6 is 0 Å². The Morgan fingerprint density at radius 2 is 1.65 bits per heavy atom. The number of pyridine rings is 1. The summed E-state index contributed by atoms with van der Waals surface area (Å²) in [6, 6.07) is 29.8. The van der Waals surface area contributed by atoms with Crippen LogP contribution in [-0.4, -0.2) is 34.5 Å². The molecule has 2 aromatic heterocycles. The van der Waals surface area contributed by atoms with Crippen LogP contribution in [0.15, 0.2) is 96.2 Å². The van der Waals surface area contributed by atoms with E-state index in [-0.39, 0.29) is 0 Å². The summed E-state index contributed by atoms with van der Waals surface area (Å²) in [6.07, 6.45) is 3.69. The molecule has 1 aliphatic rings. The van der Waals surface area contributed by atoms with Gasteiger partial charge in [-0.15, -0.1) is 0 Å². The zero-order valence-electron chi connectivity index (χ0n) is 18.7. The summed E-state index contributed by atoms with van der Waals surface area (Å²) in [5, 5.41) is 15.1. The van der Waals surface area contributed by atoms with Gasteiger partial charge in [-0.3, -0.25) is 4.57 Å². The van der Waals surface area contributed by atoms with Crippen molar-refractivity contribution in [1.29, 1.82) is 0 Å². The molecule has 0 radical (unpaired) electrons. The molecule has 0 aliphatic carbocycles. The number of hydrogen-bond acceptors (Lipinski definition) is 5. The molecule has 6 heteroatoms. The molecule has 0 saturated carbocycles. The van der Waals surface area contributed by atoms with Gasteiger partial charge in [0.05, 0.1) is 16.7 Å². The van der Waals surface area contributed by atoms with Crippen molar-refractivity contribution in [2.24, 2.45) is 5.10 Å². The first kappa shape index (κ1) is 18.9. The van der Waals surface area contributed by atoms with Crippen LogP contribution in [0.4, 0.5) is 17.1 Å². The molecule has 4 aromatic carbocycles. The zero-order chi connectivity index (χ0) is 22.6. The molecule has 0 fully saturated rings. The number of nitrogens with one attached hydrogen (secondary N) is 1. The van der Waals surface area contributed by atoms with E-state index >= 15 is 0 Å². The molecule has 1 N–H and O–H groups in total. The van der Waals surface area contributed by atoms with Crippen LogP contribution in [0.2, 0.25) is 0 Å². The molecule has 1 aliphatic heterocycles. The molecule has 0 amide bonds. The average Bonchev–Trinajstić information content (AvgIpc) is 3.45. The number of benzene rings is 4. The van der Waals surface area contributed by atoms with Crippen LogP contribution in [0.1, 0.15) is 0 Å². The lowest BCUT2D eigenvalue weighted by Crippen LogP contribution is -2.22. The van der Waals surface area contributed by atoms with Gasteiger partial charge in [-0.2, -0.15) is 5.10 Å². The Hall–Kier alpha value is -4.58. The summed E-state index contributed by atoms with van der Waals surface area (Å²) in [5.41, 5.74) is 5.43. The Balaban J connectivity index is 1.39. The van der Waals surface area contributed by atoms with Crippen molar-refractivity contribution in [3.63, 3.8) is 0 Å². The normalized spacial score (nSPS) is 13.7. The van der Waals surface area contributed by atoms with E-state index in [1.165, 1.54) is 27.1 Å². The lowest BCUT2D eigenvalue weighted by molar-refractivity contribution is 0.549. The molecule has 3 heterocycles. The molecule has 34 heavy (non-hydrogen) atoms.